The van der Waals surface area contributed by atoms with Crippen molar-refractivity contribution in [1.29, 1.82) is 0 Å². The summed E-state index contributed by atoms with van der Waals surface area (Å²) in [7, 11) is -2.19. The number of nitrogens with zero attached hydrogens (tertiary/aromatic N) is 1. The summed E-state index contributed by atoms with van der Waals surface area (Å²) in [5, 5.41) is 3.04. The van der Waals surface area contributed by atoms with Gasteiger partial charge in [0.1, 0.15) is 5.75 Å². The molecule has 0 saturated heterocycles. The third kappa shape index (κ3) is 5.83. The summed E-state index contributed by atoms with van der Waals surface area (Å²) in [6, 6.07) is 23.4. The average molecular weight is 410 g/mol. The van der Waals surface area contributed by atoms with Gasteiger partial charge in [-0.2, -0.15) is 0 Å². The van der Waals surface area contributed by atoms with Crippen LogP contribution in [0.25, 0.3) is 0 Å². The summed E-state index contributed by atoms with van der Waals surface area (Å²) >= 11 is 0. The zero-order chi connectivity index (χ0) is 20.7. The Kier molecular flexibility index (Phi) is 6.51. The quantitative estimate of drug-likeness (QED) is 0.477. The Balaban J connectivity index is 1.85. The van der Waals surface area contributed by atoms with Gasteiger partial charge in [-0.15, -0.1) is 0 Å². The van der Waals surface area contributed by atoms with Crippen LogP contribution in [-0.2, 0) is 16.6 Å². The molecule has 0 radical (unpaired) electrons. The van der Waals surface area contributed by atoms with E-state index in [1.54, 1.807) is 55.6 Å². The van der Waals surface area contributed by atoms with E-state index in [1.165, 1.54) is 0 Å². The van der Waals surface area contributed by atoms with Crippen molar-refractivity contribution < 1.29 is 13.2 Å². The van der Waals surface area contributed by atoms with E-state index in [4.69, 9.17) is 4.74 Å². The number of guanidine groups is 1. The fourth-order valence-corrected chi connectivity index (χ4v) is 3.55. The van der Waals surface area contributed by atoms with Gasteiger partial charge in [-0.05, 0) is 48.9 Å². The molecule has 0 aromatic heterocycles. The summed E-state index contributed by atoms with van der Waals surface area (Å²) < 4.78 is 33.3. The molecule has 0 unspecified atom stereocenters. The highest BCUT2D eigenvalue weighted by Crippen LogP contribution is 2.16. The second-order valence-electron chi connectivity index (χ2n) is 6.42. The van der Waals surface area contributed by atoms with Crippen LogP contribution in [-0.4, -0.2) is 21.5 Å². The molecule has 7 heteroatoms. The highest BCUT2D eigenvalue weighted by atomic mass is 32.2. The predicted molar refractivity (Wildman–Crippen MR) is 116 cm³/mol. The molecule has 2 N–H and O–H groups in total. The number of aliphatic imine (C=N–C) groups is 1. The summed E-state index contributed by atoms with van der Waals surface area (Å²) in [6.45, 7) is 2.23. The van der Waals surface area contributed by atoms with Crippen molar-refractivity contribution in [2.24, 2.45) is 4.99 Å². The molecule has 0 spiro atoms. The number of rotatable bonds is 6. The Morgan fingerprint density at radius 2 is 1.59 bits per heavy atom. The van der Waals surface area contributed by atoms with E-state index >= 15 is 0 Å². The van der Waals surface area contributed by atoms with Gasteiger partial charge in [-0.3, -0.25) is 0 Å². The molecule has 3 aromatic rings. The Morgan fingerprint density at radius 1 is 0.931 bits per heavy atom. The summed E-state index contributed by atoms with van der Waals surface area (Å²) in [4.78, 5) is 4.62. The molecule has 3 aromatic carbocycles. The van der Waals surface area contributed by atoms with Gasteiger partial charge in [-0.25, -0.2) is 18.1 Å². The Labute approximate surface area is 171 Å². The predicted octanol–water partition coefficient (Wildman–Crippen LogP) is 3.95. The van der Waals surface area contributed by atoms with Crippen LogP contribution in [0.3, 0.4) is 0 Å². The van der Waals surface area contributed by atoms with E-state index in [-0.39, 0.29) is 10.9 Å². The SMILES string of the molecule is COc1ccc(NC(=NCc2ccccc2)NS(=O)(=O)c2ccc(C)cc2)cc1. The van der Waals surface area contributed by atoms with Crippen molar-refractivity contribution in [3.8, 4) is 5.75 Å². The van der Waals surface area contributed by atoms with E-state index in [0.717, 1.165) is 11.1 Å². The number of sulfonamides is 1. The van der Waals surface area contributed by atoms with Gasteiger partial charge in [0.05, 0.1) is 18.6 Å². The fourth-order valence-electron chi connectivity index (χ4n) is 2.57. The molecule has 0 fully saturated rings. The largest absolute Gasteiger partial charge is 0.497 e. The highest BCUT2D eigenvalue weighted by Gasteiger charge is 2.16. The Morgan fingerprint density at radius 3 is 2.21 bits per heavy atom. The lowest BCUT2D eigenvalue weighted by molar-refractivity contribution is 0.415. The van der Waals surface area contributed by atoms with Crippen molar-refractivity contribution >= 4 is 21.7 Å². The van der Waals surface area contributed by atoms with Crippen LogP contribution >= 0.6 is 0 Å². The normalized spacial score (nSPS) is 11.7. The molecule has 0 aliphatic carbocycles. The number of benzene rings is 3. The first kappa shape index (κ1) is 20.4. The van der Waals surface area contributed by atoms with Crippen LogP contribution in [0, 0.1) is 6.92 Å². The molecule has 0 saturated carbocycles. The van der Waals surface area contributed by atoms with Gasteiger partial charge in [-0.1, -0.05) is 48.0 Å². The van der Waals surface area contributed by atoms with Crippen molar-refractivity contribution in [1.82, 2.24) is 4.72 Å². The smallest absolute Gasteiger partial charge is 0.264 e. The van der Waals surface area contributed by atoms with Crippen LogP contribution in [0.5, 0.6) is 5.75 Å². The minimum absolute atomic E-state index is 0.139. The molecular weight excluding hydrogens is 386 g/mol. The van der Waals surface area contributed by atoms with Crippen molar-refractivity contribution in [2.45, 2.75) is 18.4 Å². The average Bonchev–Trinajstić information content (AvgIpc) is 2.73. The topological polar surface area (TPSA) is 79.8 Å². The number of methoxy groups -OCH3 is 1. The van der Waals surface area contributed by atoms with Gasteiger partial charge in [0.2, 0.25) is 5.96 Å². The van der Waals surface area contributed by atoms with Crippen molar-refractivity contribution in [2.75, 3.05) is 12.4 Å². The monoisotopic (exact) mass is 409 g/mol. The minimum atomic E-state index is -3.78. The van der Waals surface area contributed by atoms with Crippen LogP contribution in [0.4, 0.5) is 5.69 Å². The van der Waals surface area contributed by atoms with E-state index in [2.05, 4.69) is 15.0 Å². The lowest BCUT2D eigenvalue weighted by Gasteiger charge is -2.14. The first-order valence-electron chi connectivity index (χ1n) is 9.05. The molecule has 3 rings (SSSR count). The number of nitrogens with one attached hydrogen (secondary N) is 2. The van der Waals surface area contributed by atoms with E-state index in [9.17, 15) is 8.42 Å². The van der Waals surface area contributed by atoms with Gasteiger partial charge in [0.15, 0.2) is 0 Å². The fraction of sp³-hybridized carbons (Fsp3) is 0.136. The van der Waals surface area contributed by atoms with Crippen LogP contribution in [0.1, 0.15) is 11.1 Å². The van der Waals surface area contributed by atoms with E-state index in [0.29, 0.717) is 18.0 Å². The second-order valence-corrected chi connectivity index (χ2v) is 8.10. The second kappa shape index (κ2) is 9.25. The Bertz CT molecular complexity index is 1060. The zero-order valence-corrected chi connectivity index (χ0v) is 17.1. The van der Waals surface area contributed by atoms with Crippen LogP contribution in [0.15, 0.2) is 88.8 Å². The first-order valence-corrected chi connectivity index (χ1v) is 10.5. The lowest BCUT2D eigenvalue weighted by Crippen LogP contribution is -2.36. The molecule has 6 nitrogen and oxygen atoms in total. The third-order valence-corrected chi connectivity index (χ3v) is 5.53. The van der Waals surface area contributed by atoms with Gasteiger partial charge in [0, 0.05) is 5.69 Å². The molecule has 0 aliphatic rings. The molecule has 0 heterocycles. The van der Waals surface area contributed by atoms with E-state index < -0.39 is 10.0 Å². The molecule has 0 amide bonds. The molecular formula is C22H23N3O3S. The van der Waals surface area contributed by atoms with Gasteiger partial charge < -0.3 is 10.1 Å². The zero-order valence-electron chi connectivity index (χ0n) is 16.3. The maximum absolute atomic E-state index is 12.8. The number of hydrogen-bond acceptors (Lipinski definition) is 4. The van der Waals surface area contributed by atoms with E-state index in [1.807, 2.05) is 37.3 Å². The van der Waals surface area contributed by atoms with Crippen molar-refractivity contribution in [3.63, 3.8) is 0 Å². The molecule has 0 bridgehead atoms. The summed E-state index contributed by atoms with van der Waals surface area (Å²) in [5.41, 5.74) is 2.64. The molecule has 0 aliphatic heterocycles. The Hall–Kier alpha value is -3.32. The van der Waals surface area contributed by atoms with Gasteiger partial charge in [0.25, 0.3) is 10.0 Å². The number of aryl methyl sites for hydroxylation is 1. The lowest BCUT2D eigenvalue weighted by atomic mass is 10.2. The van der Waals surface area contributed by atoms with Crippen LogP contribution < -0.4 is 14.8 Å². The highest BCUT2D eigenvalue weighted by molar-refractivity contribution is 7.90. The minimum Gasteiger partial charge on any atom is -0.497 e. The number of anilines is 1. The van der Waals surface area contributed by atoms with Crippen molar-refractivity contribution in [3.05, 3.63) is 90.0 Å². The summed E-state index contributed by atoms with van der Waals surface area (Å²) in [6.07, 6.45) is 0. The van der Waals surface area contributed by atoms with Gasteiger partial charge >= 0.3 is 0 Å². The standard InChI is InChI=1S/C22H23N3O3S/c1-17-8-14-21(15-9-17)29(26,27)25-22(23-16-18-6-4-3-5-7-18)24-19-10-12-20(28-2)13-11-19/h3-15H,16H2,1-2H3,(H2,23,24,25). The summed E-state index contributed by atoms with van der Waals surface area (Å²) in [5.74, 6) is 0.846. The third-order valence-electron chi connectivity index (χ3n) is 4.18. The molecule has 150 valence electrons. The molecule has 0 atom stereocenters. The number of hydrogen-bond donors (Lipinski definition) is 2. The number of ether oxygens (including phenoxy) is 1. The maximum Gasteiger partial charge on any atom is 0.264 e. The van der Waals surface area contributed by atoms with Crippen LogP contribution in [0.2, 0.25) is 0 Å². The maximum atomic E-state index is 12.8. The molecule has 29 heavy (non-hydrogen) atoms. The first-order chi connectivity index (χ1) is 14.0.